The Morgan fingerprint density at radius 1 is 0.783 bits per heavy atom. The Labute approximate surface area is 150 Å². The smallest absolute Gasteiger partial charge is 0.399 e. The maximum absolute atomic E-state index is 8.77. The molecule has 1 heterocycles. The van der Waals surface area contributed by atoms with Gasteiger partial charge in [0, 0.05) is 0 Å². The molecule has 0 N–H and O–H groups in total. The van der Waals surface area contributed by atoms with Gasteiger partial charge in [-0.25, -0.2) is 0 Å². The van der Waals surface area contributed by atoms with Gasteiger partial charge in [0.2, 0.25) is 0 Å². The average Bonchev–Trinajstić information content (AvgIpc) is 2.91. The van der Waals surface area contributed by atoms with E-state index in [2.05, 4.69) is 0 Å². The van der Waals surface area contributed by atoms with Crippen LogP contribution in [0.5, 0.6) is 0 Å². The first-order valence-corrected chi connectivity index (χ1v) is 7.42. The normalized spacial score (nSPS) is 25.0. The van der Waals surface area contributed by atoms with Crippen LogP contribution in [-0.4, -0.2) is 18.3 Å². The number of rotatable bonds is 1. The molecule has 3 heteroatoms. The van der Waals surface area contributed by atoms with E-state index in [1.165, 1.54) is 0 Å². The maximum atomic E-state index is 8.77. The highest BCUT2D eigenvalue weighted by molar-refractivity contribution is 6.62. The van der Waals surface area contributed by atoms with Crippen LogP contribution >= 0.6 is 0 Å². The van der Waals surface area contributed by atoms with E-state index in [1.807, 2.05) is 27.7 Å². The fourth-order valence-electron chi connectivity index (χ4n) is 2.50. The molecule has 2 nitrogen and oxygen atoms in total. The zero-order chi connectivity index (χ0) is 24.1. The van der Waals surface area contributed by atoms with Crippen molar-refractivity contribution >= 4 is 34.1 Å². The Kier molecular flexibility index (Phi) is 1.64. The maximum Gasteiger partial charge on any atom is 0.494 e. The predicted molar refractivity (Wildman–Crippen MR) is 97.2 cm³/mol. The molecular weight excluding hydrogens is 283 g/mol. The molecule has 1 fully saturated rings. The van der Waals surface area contributed by atoms with E-state index in [4.69, 9.17) is 21.6 Å². The third kappa shape index (κ3) is 2.27. The fraction of sp³-hybridized carbons (Fsp3) is 0.300. The molecule has 116 valence electrons. The van der Waals surface area contributed by atoms with Crippen molar-refractivity contribution in [3.63, 3.8) is 0 Å². The average molecular weight is 313 g/mol. The Hall–Kier alpha value is -1.84. The van der Waals surface area contributed by atoms with Gasteiger partial charge < -0.3 is 9.31 Å². The molecule has 3 aromatic carbocycles. The van der Waals surface area contributed by atoms with Crippen LogP contribution in [0.3, 0.4) is 0 Å². The van der Waals surface area contributed by atoms with Crippen LogP contribution in [0, 0.1) is 0 Å². The second-order valence-electron chi connectivity index (χ2n) is 6.63. The summed E-state index contributed by atoms with van der Waals surface area (Å²) >= 11 is 0. The predicted octanol–water partition coefficient (Wildman–Crippen LogP) is 4.29. The minimum absolute atomic E-state index is 0.0470. The van der Waals surface area contributed by atoms with Crippen molar-refractivity contribution in [1.29, 1.82) is 0 Å². The molecule has 23 heavy (non-hydrogen) atoms. The van der Waals surface area contributed by atoms with E-state index >= 15 is 0 Å². The van der Waals surface area contributed by atoms with Gasteiger partial charge in [-0.3, -0.25) is 0 Å². The van der Waals surface area contributed by atoms with Crippen molar-refractivity contribution in [2.45, 2.75) is 38.9 Å². The summed E-state index contributed by atoms with van der Waals surface area (Å²) in [7, 11) is -1.14. The molecular formula is C20H21BO2. The van der Waals surface area contributed by atoms with Gasteiger partial charge in [-0.15, -0.1) is 0 Å². The summed E-state index contributed by atoms with van der Waals surface area (Å²) in [6.45, 7) is 7.24. The monoisotopic (exact) mass is 313 g/mol. The van der Waals surface area contributed by atoms with E-state index in [9.17, 15) is 0 Å². The van der Waals surface area contributed by atoms with Gasteiger partial charge in [0.05, 0.1) is 23.5 Å². The van der Waals surface area contributed by atoms with Crippen molar-refractivity contribution in [2.75, 3.05) is 0 Å². The van der Waals surface area contributed by atoms with Crippen LogP contribution in [0.15, 0.2) is 54.4 Å². The molecule has 0 radical (unpaired) electrons. The Balaban J connectivity index is 2.20. The molecule has 0 atom stereocenters. The van der Waals surface area contributed by atoms with Crippen LogP contribution < -0.4 is 5.46 Å². The van der Waals surface area contributed by atoms with Crippen LogP contribution in [0.25, 0.3) is 21.5 Å². The van der Waals surface area contributed by atoms with Crippen molar-refractivity contribution in [3.8, 4) is 0 Å². The molecule has 0 spiro atoms. The van der Waals surface area contributed by atoms with Gasteiger partial charge in [0.25, 0.3) is 0 Å². The molecule has 0 aliphatic carbocycles. The molecule has 1 aliphatic heterocycles. The first kappa shape index (κ1) is 7.82. The summed E-state index contributed by atoms with van der Waals surface area (Å²) in [5.74, 6) is 0. The number of benzene rings is 3. The second kappa shape index (κ2) is 4.83. The lowest BCUT2D eigenvalue weighted by Crippen LogP contribution is -2.41. The molecule has 0 amide bonds. The third-order valence-corrected chi connectivity index (χ3v) is 4.57. The molecule has 0 aromatic heterocycles. The van der Waals surface area contributed by atoms with Crippen LogP contribution in [-0.2, 0) is 9.31 Å². The topological polar surface area (TPSA) is 18.5 Å². The lowest BCUT2D eigenvalue weighted by atomic mass is 9.78. The van der Waals surface area contributed by atoms with Gasteiger partial charge in [-0.05, 0) is 54.7 Å². The molecule has 3 aromatic rings. The van der Waals surface area contributed by atoms with Gasteiger partial charge in [-0.2, -0.15) is 0 Å². The minimum atomic E-state index is -1.14. The highest BCUT2D eigenvalue weighted by Crippen LogP contribution is 2.36. The highest BCUT2D eigenvalue weighted by Gasteiger charge is 2.51. The highest BCUT2D eigenvalue weighted by atomic mass is 16.7. The number of hydrogen-bond acceptors (Lipinski definition) is 2. The number of hydrogen-bond donors (Lipinski definition) is 0. The zero-order valence-electron chi connectivity index (χ0n) is 22.4. The summed E-state index contributed by atoms with van der Waals surface area (Å²) in [6, 6.07) is -4.10. The van der Waals surface area contributed by atoms with E-state index in [-0.39, 0.29) is 39.1 Å². The summed E-state index contributed by atoms with van der Waals surface area (Å²) in [6.07, 6.45) is 0. The molecule has 1 saturated heterocycles. The molecule has 0 unspecified atom stereocenters. The third-order valence-electron chi connectivity index (χ3n) is 4.57. The van der Waals surface area contributed by atoms with Crippen molar-refractivity contribution in [1.82, 2.24) is 0 Å². The van der Waals surface area contributed by atoms with E-state index in [1.54, 1.807) is 0 Å². The summed E-state index contributed by atoms with van der Waals surface area (Å²) in [5, 5.41) is -0.606. The standard InChI is InChI=1S/C20H21BO2/c1-19(2)20(3,4)23-21(22-19)16-11-12-18-15(13-16)10-9-14-7-5-6-8-17(14)18/h5-13H,1-4H3/i5D,6D,7D,8D,9D,10D,11D,12D,13D. The Bertz CT molecular complexity index is 1320. The quantitative estimate of drug-likeness (QED) is 0.493. The first-order chi connectivity index (χ1) is 14.6. The molecule has 4 rings (SSSR count). The Morgan fingerprint density at radius 3 is 2.13 bits per heavy atom. The van der Waals surface area contributed by atoms with Crippen molar-refractivity contribution in [2.24, 2.45) is 0 Å². The molecule has 1 aliphatic rings. The van der Waals surface area contributed by atoms with Crippen molar-refractivity contribution < 1.29 is 21.6 Å². The van der Waals surface area contributed by atoms with Crippen LogP contribution in [0.2, 0.25) is 0 Å². The lowest BCUT2D eigenvalue weighted by Gasteiger charge is -2.32. The van der Waals surface area contributed by atoms with Gasteiger partial charge >= 0.3 is 7.12 Å². The van der Waals surface area contributed by atoms with E-state index < -0.39 is 60.6 Å². The van der Waals surface area contributed by atoms with Gasteiger partial charge in [0.15, 0.2) is 0 Å². The van der Waals surface area contributed by atoms with Crippen molar-refractivity contribution in [3.05, 3.63) is 54.4 Å². The van der Waals surface area contributed by atoms with Crippen LogP contribution in [0.4, 0.5) is 0 Å². The summed E-state index contributed by atoms with van der Waals surface area (Å²) < 4.78 is 87.3. The second-order valence-corrected chi connectivity index (χ2v) is 6.63. The molecule has 0 saturated carbocycles. The zero-order valence-corrected chi connectivity index (χ0v) is 13.4. The van der Waals surface area contributed by atoms with Gasteiger partial charge in [-0.1, -0.05) is 54.4 Å². The Morgan fingerprint density at radius 2 is 1.39 bits per heavy atom. The van der Waals surface area contributed by atoms with E-state index in [0.29, 0.717) is 0 Å². The summed E-state index contributed by atoms with van der Waals surface area (Å²) in [5.41, 5.74) is -1.57. The largest absolute Gasteiger partial charge is 0.494 e. The minimum Gasteiger partial charge on any atom is -0.399 e. The molecule has 0 bridgehead atoms. The fourth-order valence-corrected chi connectivity index (χ4v) is 2.50. The first-order valence-electron chi connectivity index (χ1n) is 11.9. The summed E-state index contributed by atoms with van der Waals surface area (Å²) in [4.78, 5) is 0. The lowest BCUT2D eigenvalue weighted by molar-refractivity contribution is 0.00578. The van der Waals surface area contributed by atoms with Crippen LogP contribution in [0.1, 0.15) is 40.0 Å². The SMILES string of the molecule is [2H]c1c([2H])c([2H])c2c(c1[2H])c([2H])c([2H])c1c([2H])c(B3OC(C)(C)C(C)(C)O3)c([2H])c([2H])c12. The number of fused-ring (bicyclic) bond motifs is 3. The van der Waals surface area contributed by atoms with Gasteiger partial charge in [0.1, 0.15) is 0 Å². The van der Waals surface area contributed by atoms with E-state index in [0.717, 1.165) is 0 Å².